The van der Waals surface area contributed by atoms with E-state index in [0.717, 1.165) is 21.7 Å². The highest BCUT2D eigenvalue weighted by Crippen LogP contribution is 2.46. The van der Waals surface area contributed by atoms with Crippen LogP contribution >= 0.6 is 11.3 Å². The Labute approximate surface area is 201 Å². The lowest BCUT2D eigenvalue weighted by molar-refractivity contribution is -0.140. The van der Waals surface area contributed by atoms with Crippen LogP contribution < -0.4 is 5.32 Å². The number of carbonyl (C=O) groups excluding carboxylic acids is 2. The van der Waals surface area contributed by atoms with Crippen molar-refractivity contribution in [2.75, 3.05) is 0 Å². The lowest BCUT2D eigenvalue weighted by Gasteiger charge is -2.36. The van der Waals surface area contributed by atoms with E-state index < -0.39 is 11.9 Å². The minimum atomic E-state index is -0.457. The van der Waals surface area contributed by atoms with Crippen molar-refractivity contribution >= 4 is 23.1 Å². The molecular weight excluding hydrogens is 449 g/mol. The summed E-state index contributed by atoms with van der Waals surface area (Å²) in [7, 11) is 0. The molecule has 3 aromatic rings. The van der Waals surface area contributed by atoms with E-state index >= 15 is 0 Å². The summed E-state index contributed by atoms with van der Waals surface area (Å²) in [6, 6.07) is 19.8. The Kier molecular flexibility index (Phi) is 6.16. The fourth-order valence-electron chi connectivity index (χ4n) is 4.82. The molecule has 1 aliphatic heterocycles. The molecule has 0 amide bonds. The SMILES string of the molecule is CC1=C(C(=O)OCc2ccccc2)[C@@H](c2cccs2)C2=C(C[C@H](c3ccc(F)cc3)CC2=O)N1. The second kappa shape index (κ2) is 9.39. The molecule has 34 heavy (non-hydrogen) atoms. The van der Waals surface area contributed by atoms with Crippen LogP contribution in [0.25, 0.3) is 0 Å². The average Bonchev–Trinajstić information content (AvgIpc) is 3.37. The number of esters is 1. The molecule has 0 bridgehead atoms. The van der Waals surface area contributed by atoms with Crippen molar-refractivity contribution in [3.63, 3.8) is 0 Å². The van der Waals surface area contributed by atoms with Crippen LogP contribution in [0.15, 0.2) is 94.7 Å². The molecule has 1 N–H and O–H groups in total. The van der Waals surface area contributed by atoms with Gasteiger partial charge in [0.15, 0.2) is 5.78 Å². The van der Waals surface area contributed by atoms with E-state index in [-0.39, 0.29) is 24.1 Å². The Hall–Kier alpha value is -3.51. The molecule has 0 saturated carbocycles. The van der Waals surface area contributed by atoms with Crippen LogP contribution in [-0.2, 0) is 20.9 Å². The number of allylic oxidation sites excluding steroid dienone is 3. The fraction of sp³-hybridized carbons (Fsp3) is 0.214. The van der Waals surface area contributed by atoms with E-state index in [1.165, 1.54) is 23.5 Å². The van der Waals surface area contributed by atoms with Gasteiger partial charge in [0.25, 0.3) is 0 Å². The molecule has 0 spiro atoms. The molecule has 172 valence electrons. The third kappa shape index (κ3) is 4.33. The predicted octanol–water partition coefficient (Wildman–Crippen LogP) is 5.99. The molecule has 1 aromatic heterocycles. The molecule has 2 heterocycles. The van der Waals surface area contributed by atoms with Gasteiger partial charge in [0.1, 0.15) is 12.4 Å². The van der Waals surface area contributed by atoms with Crippen molar-refractivity contribution < 1.29 is 18.7 Å². The minimum Gasteiger partial charge on any atom is -0.457 e. The topological polar surface area (TPSA) is 55.4 Å². The quantitative estimate of drug-likeness (QED) is 0.463. The summed E-state index contributed by atoms with van der Waals surface area (Å²) >= 11 is 1.53. The summed E-state index contributed by atoms with van der Waals surface area (Å²) < 4.78 is 19.1. The van der Waals surface area contributed by atoms with Gasteiger partial charge in [0.05, 0.1) is 11.5 Å². The van der Waals surface area contributed by atoms with Gasteiger partial charge >= 0.3 is 5.97 Å². The Morgan fingerprint density at radius 2 is 1.82 bits per heavy atom. The monoisotopic (exact) mass is 473 g/mol. The maximum Gasteiger partial charge on any atom is 0.337 e. The van der Waals surface area contributed by atoms with Crippen LogP contribution in [-0.4, -0.2) is 11.8 Å². The van der Waals surface area contributed by atoms with E-state index in [2.05, 4.69) is 5.32 Å². The highest BCUT2D eigenvalue weighted by atomic mass is 32.1. The highest BCUT2D eigenvalue weighted by molar-refractivity contribution is 7.10. The van der Waals surface area contributed by atoms with Gasteiger partial charge < -0.3 is 10.1 Å². The maximum absolute atomic E-state index is 13.5. The summed E-state index contributed by atoms with van der Waals surface area (Å²) in [6.07, 6.45) is 0.942. The van der Waals surface area contributed by atoms with E-state index in [4.69, 9.17) is 4.74 Å². The standard InChI is InChI=1S/C28H24FNO3S/c1-17-25(28(32)33-16-18-6-3-2-4-7-18)27(24-8-5-13-34-24)26-22(30-17)14-20(15-23(26)31)19-9-11-21(29)12-10-19/h2-13,20,27,30H,14-16H2,1H3/t20-,27+/m0/s1. The van der Waals surface area contributed by atoms with Crippen LogP contribution in [0.3, 0.4) is 0 Å². The number of benzene rings is 2. The lowest BCUT2D eigenvalue weighted by atomic mass is 9.73. The van der Waals surface area contributed by atoms with Gasteiger partial charge in [-0.05, 0) is 54.0 Å². The molecule has 0 radical (unpaired) electrons. The lowest BCUT2D eigenvalue weighted by Crippen LogP contribution is -2.35. The number of hydrogen-bond donors (Lipinski definition) is 1. The van der Waals surface area contributed by atoms with Gasteiger partial charge in [-0.2, -0.15) is 0 Å². The van der Waals surface area contributed by atoms with E-state index in [1.54, 1.807) is 12.1 Å². The second-order valence-electron chi connectivity index (χ2n) is 8.65. The van der Waals surface area contributed by atoms with E-state index in [9.17, 15) is 14.0 Å². The Morgan fingerprint density at radius 3 is 2.53 bits per heavy atom. The molecule has 5 rings (SSSR count). The number of hydrogen-bond acceptors (Lipinski definition) is 5. The third-order valence-electron chi connectivity index (χ3n) is 6.43. The van der Waals surface area contributed by atoms with Gasteiger partial charge in [-0.3, -0.25) is 4.79 Å². The van der Waals surface area contributed by atoms with Crippen molar-refractivity contribution in [2.24, 2.45) is 0 Å². The zero-order valence-corrected chi connectivity index (χ0v) is 19.5. The van der Waals surface area contributed by atoms with Crippen molar-refractivity contribution in [3.05, 3.63) is 116 Å². The molecule has 4 nitrogen and oxygen atoms in total. The van der Waals surface area contributed by atoms with Gasteiger partial charge in [-0.25, -0.2) is 9.18 Å². The number of dihydropyridines is 1. The zero-order chi connectivity index (χ0) is 23.7. The molecule has 2 atom stereocenters. The Morgan fingerprint density at radius 1 is 1.06 bits per heavy atom. The molecule has 1 aliphatic carbocycles. The molecule has 0 fully saturated rings. The maximum atomic E-state index is 13.5. The number of halogens is 1. The first-order valence-electron chi connectivity index (χ1n) is 11.2. The van der Waals surface area contributed by atoms with Gasteiger partial charge in [0, 0.05) is 28.3 Å². The van der Waals surface area contributed by atoms with Crippen LogP contribution in [0.1, 0.15) is 47.6 Å². The number of thiophene rings is 1. The van der Waals surface area contributed by atoms with Crippen molar-refractivity contribution in [1.82, 2.24) is 5.32 Å². The van der Waals surface area contributed by atoms with Crippen molar-refractivity contribution in [2.45, 2.75) is 38.2 Å². The number of ketones is 1. The number of nitrogens with one attached hydrogen (secondary N) is 1. The van der Waals surface area contributed by atoms with Crippen LogP contribution in [0.5, 0.6) is 0 Å². The van der Waals surface area contributed by atoms with E-state index in [1.807, 2.05) is 54.8 Å². The zero-order valence-electron chi connectivity index (χ0n) is 18.7. The Balaban J connectivity index is 1.47. The molecule has 6 heteroatoms. The smallest absolute Gasteiger partial charge is 0.337 e. The Bertz CT molecular complexity index is 1280. The first-order valence-corrected chi connectivity index (χ1v) is 12.1. The van der Waals surface area contributed by atoms with Gasteiger partial charge in [0.2, 0.25) is 0 Å². The number of ether oxygens (including phenoxy) is 1. The molecular formula is C28H24FNO3S. The summed E-state index contributed by atoms with van der Waals surface area (Å²) in [5.41, 5.74) is 4.49. The number of Topliss-reactive ketones (excluding diaryl/α,β-unsaturated/α-hetero) is 1. The molecule has 2 aromatic carbocycles. The summed E-state index contributed by atoms with van der Waals surface area (Å²) in [4.78, 5) is 27.7. The van der Waals surface area contributed by atoms with Crippen molar-refractivity contribution in [1.29, 1.82) is 0 Å². The summed E-state index contributed by atoms with van der Waals surface area (Å²) in [5, 5.41) is 5.30. The molecule has 0 unspecified atom stereocenters. The third-order valence-corrected chi connectivity index (χ3v) is 7.37. The summed E-state index contributed by atoms with van der Waals surface area (Å²) in [6.45, 7) is 2.02. The van der Waals surface area contributed by atoms with Crippen LogP contribution in [0.2, 0.25) is 0 Å². The van der Waals surface area contributed by atoms with E-state index in [0.29, 0.717) is 29.7 Å². The second-order valence-corrected chi connectivity index (χ2v) is 9.63. The van der Waals surface area contributed by atoms with Crippen LogP contribution in [0, 0.1) is 5.82 Å². The fourth-order valence-corrected chi connectivity index (χ4v) is 5.66. The first kappa shape index (κ1) is 22.3. The van der Waals surface area contributed by atoms with Gasteiger partial charge in [-0.1, -0.05) is 48.5 Å². The normalized spacial score (nSPS) is 20.1. The molecule has 0 saturated heterocycles. The van der Waals surface area contributed by atoms with Gasteiger partial charge in [-0.15, -0.1) is 11.3 Å². The average molecular weight is 474 g/mol. The highest BCUT2D eigenvalue weighted by Gasteiger charge is 2.41. The summed E-state index contributed by atoms with van der Waals surface area (Å²) in [5.74, 6) is -1.21. The predicted molar refractivity (Wildman–Crippen MR) is 130 cm³/mol. The van der Waals surface area contributed by atoms with Crippen molar-refractivity contribution in [3.8, 4) is 0 Å². The number of rotatable bonds is 5. The number of carbonyl (C=O) groups is 2. The largest absolute Gasteiger partial charge is 0.457 e. The first-order chi connectivity index (χ1) is 16.5. The van der Waals surface area contributed by atoms with Crippen LogP contribution in [0.4, 0.5) is 4.39 Å². The molecule has 2 aliphatic rings. The minimum absolute atomic E-state index is 0.00216.